The van der Waals surface area contributed by atoms with E-state index < -0.39 is 10.0 Å². The summed E-state index contributed by atoms with van der Waals surface area (Å²) in [5.74, 6) is 0.589. The lowest BCUT2D eigenvalue weighted by Gasteiger charge is -2.08. The average molecular weight is 230 g/mol. The molecule has 0 fully saturated rings. The molecule has 0 aliphatic heterocycles. The van der Waals surface area contributed by atoms with E-state index in [0.29, 0.717) is 24.3 Å². The summed E-state index contributed by atoms with van der Waals surface area (Å²) in [6.45, 7) is 0.357. The second kappa shape index (κ2) is 4.61. The van der Waals surface area contributed by atoms with E-state index in [-0.39, 0.29) is 4.90 Å². The third-order valence-corrected chi connectivity index (χ3v) is 3.00. The van der Waals surface area contributed by atoms with Crippen LogP contribution in [0.4, 0.5) is 0 Å². The highest BCUT2D eigenvalue weighted by Crippen LogP contribution is 2.20. The average Bonchev–Trinajstić information content (AvgIpc) is 2.16. The highest BCUT2D eigenvalue weighted by atomic mass is 32.2. The van der Waals surface area contributed by atoms with Crippen LogP contribution in [0.2, 0.25) is 0 Å². The molecule has 0 aliphatic rings. The second-order valence-corrected chi connectivity index (χ2v) is 4.59. The zero-order valence-electron chi connectivity index (χ0n) is 8.43. The van der Waals surface area contributed by atoms with Gasteiger partial charge in [-0.25, -0.2) is 13.6 Å². The molecular formula is C9H14N2O3S. The van der Waals surface area contributed by atoms with Gasteiger partial charge in [-0.1, -0.05) is 0 Å². The van der Waals surface area contributed by atoms with Crippen LogP contribution < -0.4 is 15.6 Å². The normalized spacial score (nSPS) is 11.4. The Morgan fingerprint density at radius 3 is 2.53 bits per heavy atom. The molecule has 5 nitrogen and oxygen atoms in total. The monoisotopic (exact) mass is 230 g/mol. The number of methoxy groups -OCH3 is 1. The van der Waals surface area contributed by atoms with E-state index in [9.17, 15) is 8.42 Å². The Kier molecular flexibility index (Phi) is 3.67. The molecule has 0 saturated carbocycles. The maximum atomic E-state index is 11.2. The first kappa shape index (κ1) is 12.0. The van der Waals surface area contributed by atoms with Gasteiger partial charge in [0.15, 0.2) is 0 Å². The van der Waals surface area contributed by atoms with Gasteiger partial charge in [0.05, 0.1) is 12.0 Å². The maximum absolute atomic E-state index is 11.2. The molecular weight excluding hydrogens is 216 g/mol. The summed E-state index contributed by atoms with van der Waals surface area (Å²) in [6.07, 6.45) is 0.447. The number of nitrogens with two attached hydrogens (primary N) is 2. The molecule has 0 radical (unpaired) electrons. The molecule has 84 valence electrons. The summed E-state index contributed by atoms with van der Waals surface area (Å²) in [6, 6.07) is 4.62. The van der Waals surface area contributed by atoms with Crippen LogP contribution in [-0.4, -0.2) is 22.1 Å². The smallest absolute Gasteiger partial charge is 0.238 e. The summed E-state index contributed by atoms with van der Waals surface area (Å²) < 4.78 is 27.4. The van der Waals surface area contributed by atoms with E-state index >= 15 is 0 Å². The number of hydrogen-bond donors (Lipinski definition) is 2. The zero-order chi connectivity index (χ0) is 11.5. The first-order chi connectivity index (χ1) is 6.99. The van der Waals surface area contributed by atoms with Gasteiger partial charge in [0, 0.05) is 0 Å². The SMILES string of the molecule is COc1ccc(S(N)(=O)=O)c(CCN)c1. The maximum Gasteiger partial charge on any atom is 0.238 e. The van der Waals surface area contributed by atoms with Crippen LogP contribution >= 0.6 is 0 Å². The molecule has 0 heterocycles. The summed E-state index contributed by atoms with van der Waals surface area (Å²) in [7, 11) is -2.18. The molecule has 1 rings (SSSR count). The van der Waals surface area contributed by atoms with Gasteiger partial charge in [-0.3, -0.25) is 0 Å². The standard InChI is InChI=1S/C9H14N2O3S/c1-14-8-2-3-9(15(11,12)13)7(6-8)4-5-10/h2-3,6H,4-5,10H2,1H3,(H2,11,12,13). The summed E-state index contributed by atoms with van der Waals surface area (Å²) in [5, 5.41) is 5.07. The van der Waals surface area contributed by atoms with Crippen LogP contribution in [-0.2, 0) is 16.4 Å². The first-order valence-corrected chi connectivity index (χ1v) is 5.93. The van der Waals surface area contributed by atoms with Gasteiger partial charge in [-0.05, 0) is 36.7 Å². The van der Waals surface area contributed by atoms with Crippen LogP contribution in [0.5, 0.6) is 5.75 Å². The van der Waals surface area contributed by atoms with E-state index in [1.54, 1.807) is 12.1 Å². The summed E-state index contributed by atoms with van der Waals surface area (Å²) in [5.41, 5.74) is 5.97. The molecule has 0 aliphatic carbocycles. The lowest BCUT2D eigenvalue weighted by atomic mass is 10.1. The van der Waals surface area contributed by atoms with Crippen molar-refractivity contribution in [1.82, 2.24) is 0 Å². The van der Waals surface area contributed by atoms with Crippen molar-refractivity contribution in [3.8, 4) is 5.75 Å². The Morgan fingerprint density at radius 1 is 1.40 bits per heavy atom. The van der Waals surface area contributed by atoms with Crippen molar-refractivity contribution in [2.24, 2.45) is 10.9 Å². The van der Waals surface area contributed by atoms with Crippen molar-refractivity contribution >= 4 is 10.0 Å². The van der Waals surface area contributed by atoms with Gasteiger partial charge < -0.3 is 10.5 Å². The van der Waals surface area contributed by atoms with E-state index in [1.165, 1.54) is 13.2 Å². The van der Waals surface area contributed by atoms with Crippen molar-refractivity contribution in [2.45, 2.75) is 11.3 Å². The van der Waals surface area contributed by atoms with Crippen molar-refractivity contribution in [1.29, 1.82) is 0 Å². The third-order valence-electron chi connectivity index (χ3n) is 1.99. The van der Waals surface area contributed by atoms with Gasteiger partial charge in [0.1, 0.15) is 5.75 Å². The Bertz CT molecular complexity index is 443. The highest BCUT2D eigenvalue weighted by molar-refractivity contribution is 7.89. The molecule has 6 heteroatoms. The van der Waals surface area contributed by atoms with E-state index in [4.69, 9.17) is 15.6 Å². The zero-order valence-corrected chi connectivity index (χ0v) is 9.25. The Hall–Kier alpha value is -1.11. The Morgan fingerprint density at radius 2 is 2.07 bits per heavy atom. The minimum Gasteiger partial charge on any atom is -0.497 e. The number of ether oxygens (including phenoxy) is 1. The van der Waals surface area contributed by atoms with Crippen molar-refractivity contribution in [2.75, 3.05) is 13.7 Å². The third kappa shape index (κ3) is 2.92. The molecule has 1 aromatic rings. The molecule has 0 amide bonds. The van der Waals surface area contributed by atoms with Crippen LogP contribution in [0.25, 0.3) is 0 Å². The van der Waals surface area contributed by atoms with Crippen LogP contribution in [0.15, 0.2) is 23.1 Å². The van der Waals surface area contributed by atoms with Crippen LogP contribution in [0, 0.1) is 0 Å². The molecule has 15 heavy (non-hydrogen) atoms. The second-order valence-electron chi connectivity index (χ2n) is 3.06. The van der Waals surface area contributed by atoms with E-state index in [2.05, 4.69) is 0 Å². The Balaban J connectivity index is 3.27. The van der Waals surface area contributed by atoms with Gasteiger partial charge in [0.25, 0.3) is 0 Å². The number of hydrogen-bond acceptors (Lipinski definition) is 4. The lowest BCUT2D eigenvalue weighted by molar-refractivity contribution is 0.413. The highest BCUT2D eigenvalue weighted by Gasteiger charge is 2.13. The van der Waals surface area contributed by atoms with Gasteiger partial charge in [0.2, 0.25) is 10.0 Å². The molecule has 0 bridgehead atoms. The molecule has 1 aromatic carbocycles. The minimum atomic E-state index is -3.69. The molecule has 0 spiro atoms. The Labute approximate surface area is 89.1 Å². The number of rotatable bonds is 4. The fraction of sp³-hybridized carbons (Fsp3) is 0.333. The first-order valence-electron chi connectivity index (χ1n) is 4.39. The largest absolute Gasteiger partial charge is 0.497 e. The van der Waals surface area contributed by atoms with E-state index in [1.807, 2.05) is 0 Å². The topological polar surface area (TPSA) is 95.4 Å². The van der Waals surface area contributed by atoms with Crippen molar-refractivity contribution < 1.29 is 13.2 Å². The predicted octanol–water partition coefficient (Wildman–Crippen LogP) is -0.156. The summed E-state index contributed by atoms with van der Waals surface area (Å²) >= 11 is 0. The minimum absolute atomic E-state index is 0.105. The molecule has 0 atom stereocenters. The van der Waals surface area contributed by atoms with E-state index in [0.717, 1.165) is 0 Å². The molecule has 0 saturated heterocycles. The molecule has 0 unspecified atom stereocenters. The summed E-state index contributed by atoms with van der Waals surface area (Å²) in [4.78, 5) is 0.105. The van der Waals surface area contributed by atoms with Crippen LogP contribution in [0.1, 0.15) is 5.56 Å². The van der Waals surface area contributed by atoms with Crippen molar-refractivity contribution in [3.05, 3.63) is 23.8 Å². The van der Waals surface area contributed by atoms with Gasteiger partial charge >= 0.3 is 0 Å². The van der Waals surface area contributed by atoms with Crippen LogP contribution in [0.3, 0.4) is 0 Å². The quantitative estimate of drug-likeness (QED) is 0.751. The van der Waals surface area contributed by atoms with Gasteiger partial charge in [-0.2, -0.15) is 0 Å². The van der Waals surface area contributed by atoms with Gasteiger partial charge in [-0.15, -0.1) is 0 Å². The molecule has 4 N–H and O–H groups in total. The lowest BCUT2D eigenvalue weighted by Crippen LogP contribution is -2.16. The number of primary sulfonamides is 1. The fourth-order valence-electron chi connectivity index (χ4n) is 1.31. The molecule has 0 aromatic heterocycles. The number of benzene rings is 1. The number of sulfonamides is 1. The fourth-order valence-corrected chi connectivity index (χ4v) is 2.10. The van der Waals surface area contributed by atoms with Crippen molar-refractivity contribution in [3.63, 3.8) is 0 Å². The predicted molar refractivity (Wildman–Crippen MR) is 57.1 cm³/mol.